The van der Waals surface area contributed by atoms with Gasteiger partial charge < -0.3 is 24.3 Å². The summed E-state index contributed by atoms with van der Waals surface area (Å²) < 4.78 is 12.8. The van der Waals surface area contributed by atoms with E-state index in [0.717, 1.165) is 27.7 Å². The maximum Gasteiger partial charge on any atom is 0.254 e. The Balaban J connectivity index is 1.43. The fourth-order valence-corrected chi connectivity index (χ4v) is 4.08. The minimum Gasteiger partial charge on any atom is -0.495 e. The number of pyridine rings is 1. The molecule has 2 aromatic heterocycles. The van der Waals surface area contributed by atoms with Gasteiger partial charge in [-0.2, -0.15) is 0 Å². The van der Waals surface area contributed by atoms with Crippen LogP contribution in [0.1, 0.15) is 10.4 Å². The van der Waals surface area contributed by atoms with E-state index < -0.39 is 0 Å². The Labute approximate surface area is 191 Å². The molecule has 0 spiro atoms. The third kappa shape index (κ3) is 3.89. The van der Waals surface area contributed by atoms with E-state index in [4.69, 9.17) is 9.47 Å². The van der Waals surface area contributed by atoms with Gasteiger partial charge in [-0.25, -0.2) is 9.97 Å². The molecular formula is C25H25N5O3. The van der Waals surface area contributed by atoms with Gasteiger partial charge in [0.1, 0.15) is 11.6 Å². The van der Waals surface area contributed by atoms with Gasteiger partial charge in [0.05, 0.1) is 37.1 Å². The molecule has 0 unspecified atom stereocenters. The van der Waals surface area contributed by atoms with Crippen LogP contribution in [0.5, 0.6) is 5.75 Å². The normalized spacial score (nSPS) is 13.7. The molecule has 8 heteroatoms. The molecule has 1 aliphatic heterocycles. The molecule has 5 rings (SSSR count). The highest BCUT2D eigenvalue weighted by Gasteiger charge is 2.31. The zero-order valence-corrected chi connectivity index (χ0v) is 18.8. The van der Waals surface area contributed by atoms with Crippen LogP contribution in [0, 0.1) is 0 Å². The third-order valence-electron chi connectivity index (χ3n) is 6.04. The van der Waals surface area contributed by atoms with Gasteiger partial charge in [-0.1, -0.05) is 18.2 Å². The van der Waals surface area contributed by atoms with Crippen LogP contribution in [0.15, 0.2) is 61.2 Å². The molecule has 2 aromatic carbocycles. The van der Waals surface area contributed by atoms with E-state index in [2.05, 4.69) is 21.4 Å². The zero-order valence-electron chi connectivity index (χ0n) is 18.8. The SMILES string of the molecule is COc1cc(C(=O)N2CC(OC)C2)ccc1Nc1cc2c(-c3cncn3C)cccc2cn1. The predicted octanol–water partition coefficient (Wildman–Crippen LogP) is 3.86. The van der Waals surface area contributed by atoms with Crippen molar-refractivity contribution in [2.24, 2.45) is 7.05 Å². The molecule has 8 nitrogen and oxygen atoms in total. The van der Waals surface area contributed by atoms with E-state index >= 15 is 0 Å². The molecule has 1 fully saturated rings. The molecule has 0 aliphatic carbocycles. The van der Waals surface area contributed by atoms with Gasteiger partial charge in [0, 0.05) is 50.0 Å². The topological polar surface area (TPSA) is 81.5 Å². The van der Waals surface area contributed by atoms with Crippen LogP contribution in [-0.4, -0.2) is 58.8 Å². The minimum atomic E-state index is -0.0298. The van der Waals surface area contributed by atoms with Gasteiger partial charge in [-0.3, -0.25) is 4.79 Å². The van der Waals surface area contributed by atoms with Gasteiger partial charge in [0.15, 0.2) is 0 Å². The van der Waals surface area contributed by atoms with Crippen LogP contribution in [0.4, 0.5) is 11.5 Å². The van der Waals surface area contributed by atoms with Crippen LogP contribution in [0.2, 0.25) is 0 Å². The van der Waals surface area contributed by atoms with E-state index in [-0.39, 0.29) is 12.0 Å². The second kappa shape index (κ2) is 8.55. The summed E-state index contributed by atoms with van der Waals surface area (Å²) >= 11 is 0. The number of nitrogens with zero attached hydrogens (tertiary/aromatic N) is 4. The number of imidazole rings is 1. The number of rotatable bonds is 6. The quantitative estimate of drug-likeness (QED) is 0.487. The van der Waals surface area contributed by atoms with Gasteiger partial charge in [-0.15, -0.1) is 0 Å². The molecule has 33 heavy (non-hydrogen) atoms. The number of fused-ring (bicyclic) bond motifs is 1. The van der Waals surface area contributed by atoms with Gasteiger partial charge in [-0.05, 0) is 29.7 Å². The van der Waals surface area contributed by atoms with E-state index in [1.54, 1.807) is 37.6 Å². The Hall–Kier alpha value is -3.91. The van der Waals surface area contributed by atoms with Gasteiger partial charge >= 0.3 is 0 Å². The summed E-state index contributed by atoms with van der Waals surface area (Å²) in [4.78, 5) is 23.3. The van der Waals surface area contributed by atoms with Crippen LogP contribution in [0.25, 0.3) is 22.0 Å². The number of aromatic nitrogens is 3. The summed E-state index contributed by atoms with van der Waals surface area (Å²) in [5, 5.41) is 5.44. The molecule has 1 amide bonds. The number of methoxy groups -OCH3 is 2. The van der Waals surface area contributed by atoms with Crippen molar-refractivity contribution in [1.82, 2.24) is 19.4 Å². The molecule has 4 aromatic rings. The first kappa shape index (κ1) is 21.0. The molecule has 0 saturated carbocycles. The van der Waals surface area contributed by atoms with E-state index in [0.29, 0.717) is 30.2 Å². The first-order chi connectivity index (χ1) is 16.1. The lowest BCUT2D eigenvalue weighted by Crippen LogP contribution is -2.54. The van der Waals surface area contributed by atoms with Crippen LogP contribution >= 0.6 is 0 Å². The van der Waals surface area contributed by atoms with Gasteiger partial charge in [0.25, 0.3) is 5.91 Å². The van der Waals surface area contributed by atoms with E-state index in [1.165, 1.54) is 0 Å². The fraction of sp³-hybridized carbons (Fsp3) is 0.240. The highest BCUT2D eigenvalue weighted by molar-refractivity contribution is 5.98. The van der Waals surface area contributed by atoms with Crippen molar-refractivity contribution in [3.8, 4) is 17.0 Å². The van der Waals surface area contributed by atoms with Crippen molar-refractivity contribution in [3.63, 3.8) is 0 Å². The number of hydrogen-bond acceptors (Lipinski definition) is 6. The number of amides is 1. The molecular weight excluding hydrogens is 418 g/mol. The Morgan fingerprint density at radius 2 is 1.97 bits per heavy atom. The lowest BCUT2D eigenvalue weighted by atomic mass is 10.0. The zero-order chi connectivity index (χ0) is 22.9. The fourth-order valence-electron chi connectivity index (χ4n) is 4.08. The summed E-state index contributed by atoms with van der Waals surface area (Å²) in [7, 11) is 5.23. The molecule has 1 N–H and O–H groups in total. The first-order valence-electron chi connectivity index (χ1n) is 10.7. The number of nitrogens with one attached hydrogen (secondary N) is 1. The van der Waals surface area contributed by atoms with Crippen molar-refractivity contribution in [3.05, 3.63) is 66.7 Å². The summed E-state index contributed by atoms with van der Waals surface area (Å²) in [6, 6.07) is 13.6. The Morgan fingerprint density at radius 3 is 2.70 bits per heavy atom. The highest BCUT2D eigenvalue weighted by atomic mass is 16.5. The molecule has 168 valence electrons. The number of carbonyl (C=O) groups is 1. The third-order valence-corrected chi connectivity index (χ3v) is 6.04. The van der Waals surface area contributed by atoms with Crippen molar-refractivity contribution >= 4 is 28.2 Å². The molecule has 0 bridgehead atoms. The maximum atomic E-state index is 12.7. The van der Waals surface area contributed by atoms with Gasteiger partial charge in [0.2, 0.25) is 0 Å². The second-order valence-corrected chi connectivity index (χ2v) is 8.09. The molecule has 0 atom stereocenters. The highest BCUT2D eigenvalue weighted by Crippen LogP contribution is 2.33. The smallest absolute Gasteiger partial charge is 0.254 e. The summed E-state index contributed by atoms with van der Waals surface area (Å²) in [6.07, 6.45) is 5.61. The van der Waals surface area contributed by atoms with Crippen molar-refractivity contribution in [2.75, 3.05) is 32.6 Å². The number of aryl methyl sites for hydroxylation is 1. The standard InChI is InChI=1S/C25H25N5O3/c1-29-15-26-12-22(29)19-6-4-5-17-11-27-24(10-20(17)19)28-21-8-7-16(9-23(21)33-3)25(31)30-13-18(14-30)32-2/h4-12,15,18H,13-14H2,1-3H3,(H,27,28). The second-order valence-electron chi connectivity index (χ2n) is 8.09. The molecule has 3 heterocycles. The monoisotopic (exact) mass is 443 g/mol. The Bertz CT molecular complexity index is 1330. The molecule has 0 radical (unpaired) electrons. The number of anilines is 2. The largest absolute Gasteiger partial charge is 0.495 e. The molecule has 1 saturated heterocycles. The van der Waals surface area contributed by atoms with Crippen LogP contribution in [-0.2, 0) is 11.8 Å². The van der Waals surface area contributed by atoms with Crippen molar-refractivity contribution in [2.45, 2.75) is 6.10 Å². The maximum absolute atomic E-state index is 12.7. The summed E-state index contributed by atoms with van der Waals surface area (Å²) in [5.74, 6) is 1.23. The molecule has 1 aliphatic rings. The number of likely N-dealkylation sites (tertiary alicyclic amines) is 1. The lowest BCUT2D eigenvalue weighted by molar-refractivity contribution is -0.0192. The Kier molecular flexibility index (Phi) is 5.43. The van der Waals surface area contributed by atoms with Crippen LogP contribution in [0.3, 0.4) is 0 Å². The predicted molar refractivity (Wildman–Crippen MR) is 127 cm³/mol. The van der Waals surface area contributed by atoms with E-state index in [9.17, 15) is 4.79 Å². The minimum absolute atomic E-state index is 0.0298. The number of hydrogen-bond donors (Lipinski definition) is 1. The van der Waals surface area contributed by atoms with Crippen molar-refractivity contribution < 1.29 is 14.3 Å². The van der Waals surface area contributed by atoms with E-state index in [1.807, 2.05) is 48.3 Å². The average molecular weight is 444 g/mol. The van der Waals surface area contributed by atoms with Crippen molar-refractivity contribution in [1.29, 1.82) is 0 Å². The number of benzene rings is 2. The summed E-state index contributed by atoms with van der Waals surface area (Å²) in [6.45, 7) is 1.22. The average Bonchev–Trinajstić information content (AvgIpc) is 3.23. The van der Waals surface area contributed by atoms with Crippen LogP contribution < -0.4 is 10.1 Å². The number of carbonyl (C=O) groups excluding carboxylic acids is 1. The lowest BCUT2D eigenvalue weighted by Gasteiger charge is -2.38. The summed E-state index contributed by atoms with van der Waals surface area (Å²) in [5.41, 5.74) is 3.42. The Morgan fingerprint density at radius 1 is 1.12 bits per heavy atom. The first-order valence-corrected chi connectivity index (χ1v) is 10.7. The number of ether oxygens (including phenoxy) is 2.